The van der Waals surface area contributed by atoms with Crippen LogP contribution in [0.1, 0.15) is 117 Å². The normalized spacial score (nSPS) is 13.8. The van der Waals surface area contributed by atoms with Gasteiger partial charge < -0.3 is 18.9 Å². The van der Waals surface area contributed by atoms with Crippen LogP contribution < -0.4 is 9.47 Å². The zero-order valence-electron chi connectivity index (χ0n) is 46.2. The molecule has 2 aliphatic rings. The highest BCUT2D eigenvalue weighted by molar-refractivity contribution is 7.28. The Morgan fingerprint density at radius 1 is 0.375 bits per heavy atom. The van der Waals surface area contributed by atoms with Crippen LogP contribution in [0.2, 0.25) is 0 Å². The molecule has 0 atom stereocenters. The number of carbonyl (C=O) groups excluding carboxylic acids is 4. The molecule has 414 valence electrons. The average molecular weight is 1180 g/mol. The van der Waals surface area contributed by atoms with E-state index in [4.69, 9.17) is 18.9 Å². The highest BCUT2D eigenvalue weighted by atomic mass is 32.1. The highest BCUT2D eigenvalue weighted by Crippen LogP contribution is 2.52. The summed E-state index contributed by atoms with van der Waals surface area (Å²) in [6, 6.07) is 40.9. The molecule has 0 bridgehead atoms. The lowest BCUT2D eigenvalue weighted by Gasteiger charge is -2.27. The van der Waals surface area contributed by atoms with Gasteiger partial charge in [0.2, 0.25) is 0 Å². The first-order valence-corrected chi connectivity index (χ1v) is 32.1. The average Bonchev–Trinajstić information content (AvgIpc) is 4.39. The predicted octanol–water partition coefficient (Wildman–Crippen LogP) is 19.7. The molecule has 0 unspecified atom stereocenters. The second-order valence-electron chi connectivity index (χ2n) is 21.5. The predicted molar refractivity (Wildman–Crippen MR) is 332 cm³/mol. The van der Waals surface area contributed by atoms with E-state index in [-0.39, 0.29) is 22.5 Å². The zero-order valence-corrected chi connectivity index (χ0v) is 51.1. The molecule has 16 heteroatoms. The summed E-state index contributed by atoms with van der Waals surface area (Å²) in [4.78, 5) is 72.3. The maximum atomic E-state index is 15.1. The second kappa shape index (κ2) is 24.4. The molecule has 6 aromatic heterocycles. The van der Waals surface area contributed by atoms with Crippen molar-refractivity contribution in [2.75, 3.05) is 13.2 Å². The first kappa shape index (κ1) is 56.9. The summed E-state index contributed by atoms with van der Waals surface area (Å²) in [5, 5.41) is 0. The fourth-order valence-corrected chi connectivity index (χ4v) is 15.7. The van der Waals surface area contributed by atoms with Gasteiger partial charge in [-0.3, -0.25) is 9.59 Å². The van der Waals surface area contributed by atoms with E-state index in [0.717, 1.165) is 107 Å². The lowest BCUT2D eigenvalue weighted by molar-refractivity contribution is -0.123. The lowest BCUT2D eigenvalue weighted by atomic mass is 10.1. The molecule has 2 aliphatic heterocycles. The molecule has 10 nitrogen and oxygen atoms in total. The van der Waals surface area contributed by atoms with Gasteiger partial charge in [-0.05, 0) is 187 Å². The number of imide groups is 2. The van der Waals surface area contributed by atoms with Crippen LogP contribution in [0.3, 0.4) is 0 Å². The minimum atomic E-state index is -0.976. The van der Waals surface area contributed by atoms with Gasteiger partial charge >= 0.3 is 12.2 Å². The van der Waals surface area contributed by atoms with E-state index in [9.17, 15) is 9.59 Å². The summed E-state index contributed by atoms with van der Waals surface area (Å²) in [6.45, 7) is 16.2. The number of amides is 4. The molecule has 0 saturated carbocycles. The van der Waals surface area contributed by atoms with E-state index in [1.165, 1.54) is 61.2 Å². The van der Waals surface area contributed by atoms with E-state index < -0.39 is 35.2 Å². The molecule has 0 saturated heterocycles. The summed E-state index contributed by atoms with van der Waals surface area (Å²) >= 11 is 9.40. The number of benzene rings is 2. The van der Waals surface area contributed by atoms with Crippen molar-refractivity contribution in [3.63, 3.8) is 0 Å². The van der Waals surface area contributed by atoms with Gasteiger partial charge in [-0.15, -0.1) is 68.0 Å². The largest absolute Gasteiger partial charge is 0.494 e. The quantitative estimate of drug-likeness (QED) is 0.0694. The molecule has 10 rings (SSSR count). The molecule has 0 aliphatic carbocycles. The van der Waals surface area contributed by atoms with Crippen molar-refractivity contribution in [1.82, 2.24) is 9.80 Å². The number of thiophene rings is 6. The number of fused-ring (bicyclic) bond motifs is 1. The molecule has 2 aromatic carbocycles. The SMILES string of the molecule is CCCCCCOc1ccc(-c2ccc(-c3ccc(-c4ccc(C5=C6C(=O)N(C(=O)OC(C)(C)C)C(c7ccc(-c8ccc(-c9ccc(-c%10ccc(OCCCCCC)cc%10)s9)s8)s7)=C6C(=O)N5C(=O)OC(C)(C)C)s4)s3)s2)cc1. The van der Waals surface area contributed by atoms with Gasteiger partial charge in [0.15, 0.2) is 0 Å². The molecule has 8 aromatic rings. The Morgan fingerprint density at radius 3 is 0.950 bits per heavy atom. The van der Waals surface area contributed by atoms with Gasteiger partial charge in [-0.2, -0.15) is 0 Å². The van der Waals surface area contributed by atoms with Crippen molar-refractivity contribution in [1.29, 1.82) is 0 Å². The Balaban J connectivity index is 0.941. The van der Waals surface area contributed by atoms with Crippen LogP contribution in [0, 0.1) is 0 Å². The molecule has 8 heterocycles. The topological polar surface area (TPSA) is 112 Å². The van der Waals surface area contributed by atoms with Crippen molar-refractivity contribution in [2.45, 2.75) is 118 Å². The Labute approximate surface area is 492 Å². The molecule has 0 fully saturated rings. The minimum Gasteiger partial charge on any atom is -0.494 e. The number of carbonyl (C=O) groups is 4. The van der Waals surface area contributed by atoms with Gasteiger partial charge in [0.1, 0.15) is 22.7 Å². The van der Waals surface area contributed by atoms with Crippen LogP contribution >= 0.6 is 68.0 Å². The third kappa shape index (κ3) is 12.7. The third-order valence-electron chi connectivity index (χ3n) is 13.0. The third-order valence-corrected chi connectivity index (χ3v) is 20.4. The Morgan fingerprint density at radius 2 is 0.650 bits per heavy atom. The lowest BCUT2D eigenvalue weighted by Crippen LogP contribution is -2.40. The minimum absolute atomic E-state index is 0.0636. The fraction of sp³-hybridized carbons (Fsp3) is 0.312. The molecular weight excluding hydrogens is 1120 g/mol. The van der Waals surface area contributed by atoms with Crippen LogP contribution in [0.5, 0.6) is 11.5 Å². The van der Waals surface area contributed by atoms with E-state index in [0.29, 0.717) is 9.75 Å². The van der Waals surface area contributed by atoms with Gasteiger partial charge in [0.05, 0.1) is 45.5 Å². The molecule has 0 spiro atoms. The number of unbranched alkanes of at least 4 members (excludes halogenated alkanes) is 6. The molecule has 80 heavy (non-hydrogen) atoms. The smallest absolute Gasteiger partial charge is 0.422 e. The van der Waals surface area contributed by atoms with Crippen molar-refractivity contribution in [3.8, 4) is 71.4 Å². The molecule has 0 N–H and O–H groups in total. The Kier molecular flexibility index (Phi) is 17.3. The number of hydrogen-bond donors (Lipinski definition) is 0. The summed E-state index contributed by atoms with van der Waals surface area (Å²) in [5.41, 5.74) is 0.289. The van der Waals surface area contributed by atoms with Gasteiger partial charge in [-0.25, -0.2) is 19.4 Å². The second-order valence-corrected chi connectivity index (χ2v) is 28.0. The maximum Gasteiger partial charge on any atom is 0.422 e. The molecule has 4 amide bonds. The number of rotatable bonds is 20. The van der Waals surface area contributed by atoms with Crippen LogP contribution in [-0.2, 0) is 19.1 Å². The Hall–Kier alpha value is -6.40. The molecular formula is C64H64N2O8S6. The van der Waals surface area contributed by atoms with E-state index in [2.05, 4.69) is 86.6 Å². The van der Waals surface area contributed by atoms with Crippen LogP contribution in [0.25, 0.3) is 71.3 Å². The highest BCUT2D eigenvalue weighted by Gasteiger charge is 2.54. The number of ether oxygens (including phenoxy) is 4. The Bertz CT molecular complexity index is 3370. The molecule has 0 radical (unpaired) electrons. The summed E-state index contributed by atoms with van der Waals surface area (Å²) in [6.07, 6.45) is 7.45. The van der Waals surface area contributed by atoms with Crippen molar-refractivity contribution in [2.24, 2.45) is 0 Å². The summed E-state index contributed by atoms with van der Waals surface area (Å²) in [7, 11) is 0. The summed E-state index contributed by atoms with van der Waals surface area (Å²) < 4.78 is 23.7. The van der Waals surface area contributed by atoms with Crippen LogP contribution in [0.15, 0.2) is 132 Å². The zero-order chi connectivity index (χ0) is 56.3. The van der Waals surface area contributed by atoms with E-state index >= 15 is 9.59 Å². The van der Waals surface area contributed by atoms with Gasteiger partial charge in [0, 0.05) is 48.8 Å². The van der Waals surface area contributed by atoms with Crippen molar-refractivity contribution >= 4 is 103 Å². The fourth-order valence-electron chi connectivity index (χ4n) is 9.25. The van der Waals surface area contributed by atoms with Crippen molar-refractivity contribution < 1.29 is 38.1 Å². The van der Waals surface area contributed by atoms with Crippen LogP contribution in [-0.4, -0.2) is 58.2 Å². The van der Waals surface area contributed by atoms with E-state index in [1.807, 2.05) is 48.5 Å². The van der Waals surface area contributed by atoms with Gasteiger partial charge in [0.25, 0.3) is 11.8 Å². The first-order chi connectivity index (χ1) is 38.5. The van der Waals surface area contributed by atoms with Crippen molar-refractivity contribution in [3.05, 3.63) is 142 Å². The number of nitrogens with zero attached hydrogens (tertiary/aromatic N) is 2. The standard InChI is InChI=1S/C64H64N2O8S6/c1-9-11-13-15-37-71-41-21-17-39(18-22-41)43-25-27-45(75-43)47-29-31-49(77-47)51-33-35-53(79-51)57-55-56(60(68)65(57)61(69)73-63(3,4)5)58(66(59(55)67)62(70)74-64(6,7)8)54-36-34-52(80-54)50-32-30-48(78-50)46-28-26-44(76-46)40-19-23-42(24-20-40)72-38-16-14-12-10-2/h17-36H,9-16,37-38H2,1-8H3. The van der Waals surface area contributed by atoms with Gasteiger partial charge in [-0.1, -0.05) is 52.4 Å². The monoisotopic (exact) mass is 1180 g/mol. The number of hydrogen-bond acceptors (Lipinski definition) is 14. The van der Waals surface area contributed by atoms with E-state index in [1.54, 1.807) is 86.9 Å². The van der Waals surface area contributed by atoms with Crippen LogP contribution in [0.4, 0.5) is 9.59 Å². The first-order valence-electron chi connectivity index (χ1n) is 27.2. The maximum absolute atomic E-state index is 15.1. The summed E-state index contributed by atoms with van der Waals surface area (Å²) in [5.74, 6) is 0.216.